The first kappa shape index (κ1) is 28.2. The minimum Gasteiger partial charge on any atom is -0.390 e. The first-order valence-electron chi connectivity index (χ1n) is 12.5. The van der Waals surface area contributed by atoms with Gasteiger partial charge in [-0.05, 0) is 48.6 Å². The maximum absolute atomic E-state index is 13.8. The molecule has 1 heterocycles. The van der Waals surface area contributed by atoms with Crippen molar-refractivity contribution in [2.75, 3.05) is 32.7 Å². The van der Waals surface area contributed by atoms with E-state index in [0.29, 0.717) is 19.6 Å². The Morgan fingerprint density at radius 2 is 1.62 bits per heavy atom. The number of hydrogen-bond donors (Lipinski definition) is 3. The van der Waals surface area contributed by atoms with Crippen LogP contribution in [0.1, 0.15) is 30.5 Å². The number of amides is 3. The zero-order valence-electron chi connectivity index (χ0n) is 21.2. The van der Waals surface area contributed by atoms with Crippen LogP contribution in [-0.4, -0.2) is 77.5 Å². The summed E-state index contributed by atoms with van der Waals surface area (Å²) in [6.45, 7) is 5.00. The van der Waals surface area contributed by atoms with Gasteiger partial charge in [0.25, 0.3) is 0 Å². The second-order valence-corrected chi connectivity index (χ2v) is 9.14. The van der Waals surface area contributed by atoms with Gasteiger partial charge in [0.1, 0.15) is 18.2 Å². The van der Waals surface area contributed by atoms with Crippen LogP contribution in [0.2, 0.25) is 0 Å². The van der Waals surface area contributed by atoms with Crippen LogP contribution in [0.4, 0.5) is 8.78 Å². The highest BCUT2D eigenvalue weighted by atomic mass is 19.1. The highest BCUT2D eigenvalue weighted by Gasteiger charge is 2.33. The molecule has 0 bridgehead atoms. The number of halogens is 2. The Hall–Kier alpha value is -3.37. The highest BCUT2D eigenvalue weighted by molar-refractivity contribution is 6.35. The van der Waals surface area contributed by atoms with Crippen molar-refractivity contribution in [1.29, 1.82) is 0 Å². The van der Waals surface area contributed by atoms with Crippen LogP contribution < -0.4 is 10.6 Å². The monoisotopic (exact) mass is 516 g/mol. The Morgan fingerprint density at radius 1 is 0.973 bits per heavy atom. The van der Waals surface area contributed by atoms with Crippen LogP contribution in [0, 0.1) is 11.6 Å². The molecule has 0 aliphatic carbocycles. The summed E-state index contributed by atoms with van der Waals surface area (Å²) in [5, 5.41) is 16.7. The van der Waals surface area contributed by atoms with Crippen molar-refractivity contribution in [2.24, 2.45) is 0 Å². The van der Waals surface area contributed by atoms with E-state index in [9.17, 15) is 28.3 Å². The summed E-state index contributed by atoms with van der Waals surface area (Å²) in [7, 11) is 0. The molecule has 1 saturated heterocycles. The number of benzene rings is 2. The van der Waals surface area contributed by atoms with Gasteiger partial charge in [-0.15, -0.1) is 0 Å². The van der Waals surface area contributed by atoms with Crippen LogP contribution in [-0.2, 0) is 33.8 Å². The van der Waals surface area contributed by atoms with Gasteiger partial charge >= 0.3 is 11.8 Å². The van der Waals surface area contributed by atoms with Crippen LogP contribution in [0.15, 0.2) is 42.5 Å². The molecule has 10 heteroatoms. The minimum absolute atomic E-state index is 0.0366. The SMILES string of the molecule is CCc1cccc(CNCC(O)C(Cc2cc(F)cc(F)c2)NC(=O)CN2CCN(CC)C(=O)C2=O)c1. The minimum atomic E-state index is -1.10. The molecule has 1 aliphatic rings. The standard InChI is InChI=1S/C27H34F2N4O4/c1-3-18-6-5-7-19(10-18)15-30-16-24(34)23(13-20-11-21(28)14-22(29)12-20)31-25(35)17-33-9-8-32(4-2)26(36)27(33)37/h5-7,10-12,14,23-24,30,34H,3-4,8-9,13,15-17H2,1-2H3,(H,31,35). The zero-order chi connectivity index (χ0) is 26.9. The van der Waals surface area contributed by atoms with E-state index in [0.717, 1.165) is 35.1 Å². The zero-order valence-corrected chi connectivity index (χ0v) is 21.2. The second-order valence-electron chi connectivity index (χ2n) is 9.14. The van der Waals surface area contributed by atoms with Crippen LogP contribution in [0.5, 0.6) is 0 Å². The van der Waals surface area contributed by atoms with E-state index in [1.807, 2.05) is 18.2 Å². The third kappa shape index (κ3) is 8.06. The molecule has 2 aromatic carbocycles. The second kappa shape index (κ2) is 13.3. The van der Waals surface area contributed by atoms with Gasteiger partial charge in [0, 0.05) is 38.8 Å². The number of aryl methyl sites for hydroxylation is 1. The number of aliphatic hydroxyl groups is 1. The van der Waals surface area contributed by atoms with E-state index in [1.54, 1.807) is 6.92 Å². The van der Waals surface area contributed by atoms with Crippen LogP contribution in [0.25, 0.3) is 0 Å². The fourth-order valence-electron chi connectivity index (χ4n) is 4.33. The predicted molar refractivity (Wildman–Crippen MR) is 134 cm³/mol. The van der Waals surface area contributed by atoms with Gasteiger partial charge in [0.2, 0.25) is 5.91 Å². The lowest BCUT2D eigenvalue weighted by Crippen LogP contribution is -2.57. The molecule has 0 radical (unpaired) electrons. The van der Waals surface area contributed by atoms with Crippen molar-refractivity contribution >= 4 is 17.7 Å². The Bertz CT molecular complexity index is 1090. The lowest BCUT2D eigenvalue weighted by atomic mass is 10.0. The number of aliphatic hydroxyl groups excluding tert-OH is 1. The van der Waals surface area contributed by atoms with Crippen molar-refractivity contribution < 1.29 is 28.3 Å². The normalized spacial score (nSPS) is 15.6. The Morgan fingerprint density at radius 3 is 2.30 bits per heavy atom. The molecule has 8 nitrogen and oxygen atoms in total. The quantitative estimate of drug-likeness (QED) is 0.370. The van der Waals surface area contributed by atoms with Gasteiger partial charge in [-0.25, -0.2) is 8.78 Å². The van der Waals surface area contributed by atoms with Gasteiger partial charge in [0.15, 0.2) is 0 Å². The van der Waals surface area contributed by atoms with Crippen LogP contribution >= 0.6 is 0 Å². The molecular formula is C27H34F2N4O4. The molecule has 0 spiro atoms. The number of hydrogen-bond acceptors (Lipinski definition) is 5. The van der Waals surface area contributed by atoms with Crippen molar-refractivity contribution in [3.63, 3.8) is 0 Å². The van der Waals surface area contributed by atoms with Crippen molar-refractivity contribution in [2.45, 2.75) is 45.4 Å². The molecule has 3 N–H and O–H groups in total. The Balaban J connectivity index is 1.65. The third-order valence-corrected chi connectivity index (χ3v) is 6.38. The van der Waals surface area contributed by atoms with Gasteiger partial charge in [0.05, 0.1) is 12.1 Å². The third-order valence-electron chi connectivity index (χ3n) is 6.38. The van der Waals surface area contributed by atoms with E-state index in [1.165, 1.54) is 10.5 Å². The molecule has 1 aliphatic heterocycles. The van der Waals surface area contributed by atoms with E-state index in [2.05, 4.69) is 23.6 Å². The summed E-state index contributed by atoms with van der Waals surface area (Å²) < 4.78 is 27.5. The fraction of sp³-hybridized carbons (Fsp3) is 0.444. The molecule has 0 saturated carbocycles. The highest BCUT2D eigenvalue weighted by Crippen LogP contribution is 2.13. The Labute approximate surface area is 215 Å². The molecule has 2 unspecified atom stereocenters. The molecule has 1 fully saturated rings. The predicted octanol–water partition coefficient (Wildman–Crippen LogP) is 1.40. The van der Waals surface area contributed by atoms with Crippen LogP contribution in [0.3, 0.4) is 0 Å². The first-order valence-corrected chi connectivity index (χ1v) is 12.5. The van der Waals surface area contributed by atoms with E-state index in [-0.39, 0.29) is 31.6 Å². The van der Waals surface area contributed by atoms with Gasteiger partial charge < -0.3 is 25.5 Å². The molecule has 3 rings (SSSR count). The van der Waals surface area contributed by atoms with E-state index < -0.39 is 41.5 Å². The Kier molecular flexibility index (Phi) is 10.1. The van der Waals surface area contributed by atoms with E-state index >= 15 is 0 Å². The number of nitrogens with one attached hydrogen (secondary N) is 2. The van der Waals surface area contributed by atoms with Gasteiger partial charge in [-0.3, -0.25) is 14.4 Å². The molecule has 2 atom stereocenters. The average Bonchev–Trinajstić information content (AvgIpc) is 2.86. The molecule has 3 amide bonds. The summed E-state index contributed by atoms with van der Waals surface area (Å²) in [6.07, 6.45) is -0.236. The number of carbonyl (C=O) groups is 3. The fourth-order valence-corrected chi connectivity index (χ4v) is 4.33. The largest absolute Gasteiger partial charge is 0.390 e. The summed E-state index contributed by atoms with van der Waals surface area (Å²) >= 11 is 0. The summed E-state index contributed by atoms with van der Waals surface area (Å²) in [5.41, 5.74) is 2.49. The summed E-state index contributed by atoms with van der Waals surface area (Å²) in [4.78, 5) is 39.9. The molecule has 2 aromatic rings. The smallest absolute Gasteiger partial charge is 0.312 e. The molecule has 37 heavy (non-hydrogen) atoms. The van der Waals surface area contributed by atoms with Crippen molar-refractivity contribution in [1.82, 2.24) is 20.4 Å². The number of likely N-dealkylation sites (N-methyl/N-ethyl adjacent to an activating group) is 1. The lowest BCUT2D eigenvalue weighted by Gasteiger charge is -2.33. The molecule has 0 aromatic heterocycles. The van der Waals surface area contributed by atoms with Crippen molar-refractivity contribution in [3.05, 3.63) is 70.8 Å². The lowest BCUT2D eigenvalue weighted by molar-refractivity contribution is -0.156. The summed E-state index contributed by atoms with van der Waals surface area (Å²) in [5.74, 6) is -3.53. The first-order chi connectivity index (χ1) is 17.7. The molecule has 200 valence electrons. The van der Waals surface area contributed by atoms with E-state index in [4.69, 9.17) is 0 Å². The number of carbonyl (C=O) groups excluding carboxylic acids is 3. The van der Waals surface area contributed by atoms with Gasteiger partial charge in [-0.1, -0.05) is 31.2 Å². The van der Waals surface area contributed by atoms with Gasteiger partial charge in [-0.2, -0.15) is 0 Å². The maximum Gasteiger partial charge on any atom is 0.312 e. The molecular weight excluding hydrogens is 482 g/mol. The topological polar surface area (TPSA) is 102 Å². The van der Waals surface area contributed by atoms with Crippen molar-refractivity contribution in [3.8, 4) is 0 Å². The number of piperazine rings is 1. The number of rotatable bonds is 12. The number of nitrogens with zero attached hydrogens (tertiary/aromatic N) is 2. The summed E-state index contributed by atoms with van der Waals surface area (Å²) in [6, 6.07) is 10.1. The average molecular weight is 517 g/mol. The maximum atomic E-state index is 13.8.